The van der Waals surface area contributed by atoms with E-state index in [0.29, 0.717) is 29.0 Å². The summed E-state index contributed by atoms with van der Waals surface area (Å²) < 4.78 is 6.91. The predicted octanol–water partition coefficient (Wildman–Crippen LogP) is 4.00. The van der Waals surface area contributed by atoms with Gasteiger partial charge in [0.25, 0.3) is 0 Å². The van der Waals surface area contributed by atoms with Gasteiger partial charge in [0.1, 0.15) is 11.6 Å². The third kappa shape index (κ3) is 6.45. The van der Waals surface area contributed by atoms with Crippen LogP contribution in [-0.4, -0.2) is 39.4 Å². The summed E-state index contributed by atoms with van der Waals surface area (Å²) in [6.45, 7) is 8.12. The van der Waals surface area contributed by atoms with Gasteiger partial charge >= 0.3 is 0 Å². The molecule has 1 heterocycles. The Morgan fingerprint density at radius 2 is 1.76 bits per heavy atom. The van der Waals surface area contributed by atoms with Crippen LogP contribution in [0.3, 0.4) is 0 Å². The molecule has 0 bridgehead atoms. The van der Waals surface area contributed by atoms with E-state index in [2.05, 4.69) is 27.4 Å². The van der Waals surface area contributed by atoms with E-state index in [1.54, 1.807) is 42.0 Å². The van der Waals surface area contributed by atoms with Crippen LogP contribution >= 0.6 is 11.8 Å². The molecule has 0 aliphatic heterocycles. The number of methoxy groups -OCH3 is 1. The molecule has 0 aliphatic carbocycles. The number of benzene rings is 2. The summed E-state index contributed by atoms with van der Waals surface area (Å²) in [7, 11) is 1.59. The van der Waals surface area contributed by atoms with Gasteiger partial charge in [-0.3, -0.25) is 9.59 Å². The number of thioether (sulfide) groups is 1. The molecular formula is C24H27N5O3S. The van der Waals surface area contributed by atoms with E-state index in [0.717, 1.165) is 16.8 Å². The van der Waals surface area contributed by atoms with Crippen LogP contribution in [-0.2, 0) is 22.6 Å². The van der Waals surface area contributed by atoms with Gasteiger partial charge in [-0.25, -0.2) is 0 Å². The molecule has 1 aromatic heterocycles. The molecular weight excluding hydrogens is 438 g/mol. The third-order valence-corrected chi connectivity index (χ3v) is 5.84. The number of amides is 2. The average Bonchev–Trinajstić information content (AvgIpc) is 3.16. The summed E-state index contributed by atoms with van der Waals surface area (Å²) in [6, 6.07) is 12.9. The van der Waals surface area contributed by atoms with E-state index in [4.69, 9.17) is 4.74 Å². The van der Waals surface area contributed by atoms with Crippen LogP contribution in [0.4, 0.5) is 11.4 Å². The van der Waals surface area contributed by atoms with Crippen LogP contribution in [0.5, 0.6) is 5.75 Å². The molecule has 2 amide bonds. The lowest BCUT2D eigenvalue weighted by Crippen LogP contribution is -2.18. The molecule has 33 heavy (non-hydrogen) atoms. The summed E-state index contributed by atoms with van der Waals surface area (Å²) in [5.74, 6) is 1.02. The number of aromatic nitrogens is 3. The SMILES string of the molecule is C=CCn1c(CC(=O)Nc2ccc(OC)cc2)nnc1SCC(=O)Nc1c(C)cccc1C. The van der Waals surface area contributed by atoms with E-state index >= 15 is 0 Å². The van der Waals surface area contributed by atoms with Gasteiger partial charge in [-0.05, 0) is 49.2 Å². The number of carbonyl (C=O) groups excluding carboxylic acids is 2. The second-order valence-corrected chi connectivity index (χ2v) is 8.30. The smallest absolute Gasteiger partial charge is 0.234 e. The Hall–Kier alpha value is -3.59. The molecule has 9 heteroatoms. The highest BCUT2D eigenvalue weighted by molar-refractivity contribution is 7.99. The number of nitrogens with one attached hydrogen (secondary N) is 2. The minimum Gasteiger partial charge on any atom is -0.497 e. The molecule has 3 aromatic rings. The number of nitrogens with zero attached hydrogens (tertiary/aromatic N) is 3. The van der Waals surface area contributed by atoms with Gasteiger partial charge in [0, 0.05) is 17.9 Å². The molecule has 2 aromatic carbocycles. The fourth-order valence-electron chi connectivity index (χ4n) is 3.21. The van der Waals surface area contributed by atoms with Crippen molar-refractivity contribution in [3.05, 3.63) is 72.1 Å². The van der Waals surface area contributed by atoms with Gasteiger partial charge in [0.15, 0.2) is 5.16 Å². The van der Waals surface area contributed by atoms with Gasteiger partial charge in [-0.2, -0.15) is 0 Å². The van der Waals surface area contributed by atoms with E-state index in [1.807, 2.05) is 32.0 Å². The van der Waals surface area contributed by atoms with Crippen molar-refractivity contribution in [1.29, 1.82) is 0 Å². The number of hydrogen-bond donors (Lipinski definition) is 2. The highest BCUT2D eigenvalue weighted by atomic mass is 32.2. The van der Waals surface area contributed by atoms with E-state index in [-0.39, 0.29) is 24.0 Å². The molecule has 0 saturated heterocycles. The lowest BCUT2D eigenvalue weighted by Gasteiger charge is -2.11. The van der Waals surface area contributed by atoms with Crippen molar-refractivity contribution < 1.29 is 14.3 Å². The predicted molar refractivity (Wildman–Crippen MR) is 131 cm³/mol. The summed E-state index contributed by atoms with van der Waals surface area (Å²) in [4.78, 5) is 25.0. The molecule has 0 saturated carbocycles. The lowest BCUT2D eigenvalue weighted by atomic mass is 10.1. The second kappa shape index (κ2) is 11.3. The maximum atomic E-state index is 12.5. The van der Waals surface area contributed by atoms with E-state index in [1.165, 1.54) is 11.8 Å². The van der Waals surface area contributed by atoms with Gasteiger partial charge < -0.3 is 19.9 Å². The van der Waals surface area contributed by atoms with Crippen LogP contribution in [0.15, 0.2) is 60.3 Å². The fraction of sp³-hybridized carbons (Fsp3) is 0.250. The van der Waals surface area contributed by atoms with E-state index in [9.17, 15) is 9.59 Å². The number of allylic oxidation sites excluding steroid dienone is 1. The Balaban J connectivity index is 1.62. The second-order valence-electron chi connectivity index (χ2n) is 7.36. The number of anilines is 2. The Morgan fingerprint density at radius 1 is 1.06 bits per heavy atom. The Bertz CT molecular complexity index is 1120. The van der Waals surface area contributed by atoms with Gasteiger partial charge in [-0.15, -0.1) is 16.8 Å². The Labute approximate surface area is 197 Å². The van der Waals surface area contributed by atoms with Gasteiger partial charge in [0.05, 0.1) is 19.3 Å². The first-order valence-electron chi connectivity index (χ1n) is 10.4. The van der Waals surface area contributed by atoms with Crippen LogP contribution in [0.25, 0.3) is 0 Å². The molecule has 0 radical (unpaired) electrons. The van der Waals surface area contributed by atoms with Crippen molar-refractivity contribution in [1.82, 2.24) is 14.8 Å². The maximum Gasteiger partial charge on any atom is 0.234 e. The minimum absolute atomic E-state index is 0.0437. The molecule has 0 fully saturated rings. The van der Waals surface area contributed by atoms with E-state index < -0.39 is 0 Å². The fourth-order valence-corrected chi connectivity index (χ4v) is 3.98. The zero-order valence-corrected chi connectivity index (χ0v) is 19.7. The van der Waals surface area contributed by atoms with Crippen molar-refractivity contribution in [3.8, 4) is 5.75 Å². The molecule has 172 valence electrons. The quantitative estimate of drug-likeness (QED) is 0.347. The van der Waals surface area contributed by atoms with Crippen molar-refractivity contribution in [2.75, 3.05) is 23.5 Å². The van der Waals surface area contributed by atoms with Crippen LogP contribution in [0.1, 0.15) is 17.0 Å². The number of hydrogen-bond acceptors (Lipinski definition) is 6. The first-order valence-corrected chi connectivity index (χ1v) is 11.4. The average molecular weight is 466 g/mol. The molecule has 0 aliphatic rings. The van der Waals surface area contributed by atoms with Crippen molar-refractivity contribution >= 4 is 35.0 Å². The molecule has 3 rings (SSSR count). The minimum atomic E-state index is -0.220. The number of ether oxygens (including phenoxy) is 1. The highest BCUT2D eigenvalue weighted by Crippen LogP contribution is 2.22. The first kappa shape index (κ1) is 24.1. The van der Waals surface area contributed by atoms with Crippen molar-refractivity contribution in [2.24, 2.45) is 0 Å². The summed E-state index contributed by atoms with van der Waals surface area (Å²) in [5.41, 5.74) is 3.50. The summed E-state index contributed by atoms with van der Waals surface area (Å²) in [6.07, 6.45) is 1.75. The van der Waals surface area contributed by atoms with Gasteiger partial charge in [0.2, 0.25) is 11.8 Å². The van der Waals surface area contributed by atoms with Crippen LogP contribution in [0.2, 0.25) is 0 Å². The molecule has 0 atom stereocenters. The normalized spacial score (nSPS) is 10.5. The Morgan fingerprint density at radius 3 is 2.39 bits per heavy atom. The lowest BCUT2D eigenvalue weighted by molar-refractivity contribution is -0.116. The van der Waals surface area contributed by atoms with Crippen LogP contribution < -0.4 is 15.4 Å². The largest absolute Gasteiger partial charge is 0.497 e. The highest BCUT2D eigenvalue weighted by Gasteiger charge is 2.17. The molecule has 8 nitrogen and oxygen atoms in total. The molecule has 2 N–H and O–H groups in total. The maximum absolute atomic E-state index is 12.5. The topological polar surface area (TPSA) is 98.1 Å². The number of rotatable bonds is 10. The Kier molecular flexibility index (Phi) is 8.26. The standard InChI is InChI=1S/C24H27N5O3S/c1-5-13-29-20(14-21(30)25-18-9-11-19(32-4)12-10-18)27-28-24(29)33-15-22(31)26-23-16(2)7-6-8-17(23)3/h5-12H,1,13-15H2,2-4H3,(H,25,30)(H,26,31). The van der Waals surface area contributed by atoms with Gasteiger partial charge in [-0.1, -0.05) is 36.0 Å². The van der Waals surface area contributed by atoms with Crippen LogP contribution in [0, 0.1) is 13.8 Å². The number of aryl methyl sites for hydroxylation is 2. The molecule has 0 unspecified atom stereocenters. The van der Waals surface area contributed by atoms with Crippen molar-refractivity contribution in [3.63, 3.8) is 0 Å². The summed E-state index contributed by atoms with van der Waals surface area (Å²) >= 11 is 1.27. The van der Waals surface area contributed by atoms with Crippen molar-refractivity contribution in [2.45, 2.75) is 32.0 Å². The zero-order valence-electron chi connectivity index (χ0n) is 18.9. The number of para-hydroxylation sites is 1. The monoisotopic (exact) mass is 465 g/mol. The number of carbonyl (C=O) groups is 2. The zero-order chi connectivity index (χ0) is 23.8. The first-order chi connectivity index (χ1) is 15.9. The molecule has 0 spiro atoms. The third-order valence-electron chi connectivity index (χ3n) is 4.88. The summed E-state index contributed by atoms with van der Waals surface area (Å²) in [5, 5.41) is 14.7.